The molecule has 4 heteroatoms. The van der Waals surface area contributed by atoms with E-state index < -0.39 is 0 Å². The predicted octanol–water partition coefficient (Wildman–Crippen LogP) is 3.74. The van der Waals surface area contributed by atoms with Crippen LogP contribution in [0.15, 0.2) is 24.3 Å². The Kier molecular flexibility index (Phi) is 5.44. The molecule has 2 rings (SSSR count). The molecule has 2 unspecified atom stereocenters. The molecule has 1 N–H and O–H groups in total. The van der Waals surface area contributed by atoms with Crippen LogP contribution in [-0.4, -0.2) is 23.4 Å². The zero-order valence-electron chi connectivity index (χ0n) is 12.2. The number of halogens is 1. The Bertz CT molecular complexity index is 446. The molecule has 1 heterocycles. The van der Waals surface area contributed by atoms with E-state index in [1.165, 1.54) is 0 Å². The smallest absolute Gasteiger partial charge is 0.241 e. The number of amides is 1. The maximum atomic E-state index is 12.5. The molecule has 1 aromatic carbocycles. The lowest BCUT2D eigenvalue weighted by Gasteiger charge is -2.24. The monoisotopic (exact) mass is 294 g/mol. The minimum atomic E-state index is -0.0439. The number of hydrogen-bond acceptors (Lipinski definition) is 2. The predicted molar refractivity (Wildman–Crippen MR) is 82.6 cm³/mol. The summed E-state index contributed by atoms with van der Waals surface area (Å²) in [4.78, 5) is 14.5. The van der Waals surface area contributed by atoms with E-state index in [0.717, 1.165) is 42.8 Å². The number of carbonyl (C=O) groups is 1. The van der Waals surface area contributed by atoms with E-state index in [-0.39, 0.29) is 18.1 Å². The highest BCUT2D eigenvalue weighted by molar-refractivity contribution is 6.30. The van der Waals surface area contributed by atoms with Crippen LogP contribution >= 0.6 is 11.6 Å². The summed E-state index contributed by atoms with van der Waals surface area (Å²) in [6.45, 7) is 5.07. The molecule has 0 aromatic heterocycles. The van der Waals surface area contributed by atoms with E-state index >= 15 is 0 Å². The van der Waals surface area contributed by atoms with Gasteiger partial charge in [0.05, 0.1) is 6.04 Å². The quantitative estimate of drug-likeness (QED) is 0.867. The van der Waals surface area contributed by atoms with Crippen molar-refractivity contribution in [2.75, 3.05) is 6.54 Å². The van der Waals surface area contributed by atoms with Gasteiger partial charge < -0.3 is 4.90 Å². The molecule has 1 amide bonds. The van der Waals surface area contributed by atoms with Gasteiger partial charge in [-0.1, -0.05) is 50.4 Å². The lowest BCUT2D eigenvalue weighted by molar-refractivity contribution is -0.130. The van der Waals surface area contributed by atoms with Crippen LogP contribution in [0.4, 0.5) is 0 Å². The summed E-state index contributed by atoms with van der Waals surface area (Å²) >= 11 is 5.94. The van der Waals surface area contributed by atoms with Crippen LogP contribution < -0.4 is 5.32 Å². The number of unbranched alkanes of at least 4 members (excludes halogenated alkanes) is 1. The van der Waals surface area contributed by atoms with Crippen molar-refractivity contribution in [1.82, 2.24) is 10.2 Å². The SMILES string of the molecule is CCCCN1C(=O)C(CCC)NC1c1ccc(Cl)cc1. The molecular weight excluding hydrogens is 272 g/mol. The second-order valence-electron chi connectivity index (χ2n) is 5.35. The van der Waals surface area contributed by atoms with E-state index in [4.69, 9.17) is 11.6 Å². The van der Waals surface area contributed by atoms with Crippen LogP contribution in [0.2, 0.25) is 5.02 Å². The van der Waals surface area contributed by atoms with Crippen LogP contribution in [-0.2, 0) is 4.79 Å². The molecule has 0 saturated carbocycles. The van der Waals surface area contributed by atoms with E-state index in [9.17, 15) is 4.79 Å². The highest BCUT2D eigenvalue weighted by Crippen LogP contribution is 2.28. The topological polar surface area (TPSA) is 32.3 Å². The van der Waals surface area contributed by atoms with E-state index in [1.807, 2.05) is 29.2 Å². The Hall–Kier alpha value is -1.06. The Labute approximate surface area is 126 Å². The summed E-state index contributed by atoms with van der Waals surface area (Å²) in [6, 6.07) is 7.72. The van der Waals surface area contributed by atoms with Gasteiger partial charge in [0.15, 0.2) is 0 Å². The molecule has 1 aliphatic heterocycles. The first-order valence-corrected chi connectivity index (χ1v) is 7.87. The fourth-order valence-electron chi connectivity index (χ4n) is 2.66. The maximum absolute atomic E-state index is 12.5. The summed E-state index contributed by atoms with van der Waals surface area (Å²) in [5.74, 6) is 0.236. The molecule has 0 spiro atoms. The van der Waals surface area contributed by atoms with E-state index in [2.05, 4.69) is 19.2 Å². The highest BCUT2D eigenvalue weighted by atomic mass is 35.5. The Morgan fingerprint density at radius 3 is 2.50 bits per heavy atom. The lowest BCUT2D eigenvalue weighted by atomic mass is 10.1. The number of rotatable bonds is 6. The summed E-state index contributed by atoms with van der Waals surface area (Å²) in [6.07, 6.45) is 4.03. The van der Waals surface area contributed by atoms with Crippen molar-refractivity contribution in [3.63, 3.8) is 0 Å². The number of hydrogen-bond donors (Lipinski definition) is 1. The molecule has 0 radical (unpaired) electrons. The van der Waals surface area contributed by atoms with Crippen molar-refractivity contribution < 1.29 is 4.79 Å². The third-order valence-electron chi connectivity index (χ3n) is 3.77. The zero-order valence-corrected chi connectivity index (χ0v) is 13.0. The van der Waals surface area contributed by atoms with Gasteiger partial charge in [-0.3, -0.25) is 10.1 Å². The standard InChI is InChI=1S/C16H23ClN2O/c1-3-5-11-19-15(12-7-9-13(17)10-8-12)18-14(6-4-2)16(19)20/h7-10,14-15,18H,3-6,11H2,1-2H3. The van der Waals surface area contributed by atoms with Crippen molar-refractivity contribution in [2.24, 2.45) is 0 Å². The third kappa shape index (κ3) is 3.33. The Morgan fingerprint density at radius 2 is 1.90 bits per heavy atom. The number of benzene rings is 1. The van der Waals surface area contributed by atoms with Crippen molar-refractivity contribution in [1.29, 1.82) is 0 Å². The summed E-state index contributed by atoms with van der Waals surface area (Å²) in [5.41, 5.74) is 1.11. The van der Waals surface area contributed by atoms with Crippen LogP contribution in [0.5, 0.6) is 0 Å². The third-order valence-corrected chi connectivity index (χ3v) is 4.02. The van der Waals surface area contributed by atoms with Crippen LogP contribution in [0.25, 0.3) is 0 Å². The molecule has 1 fully saturated rings. The van der Waals surface area contributed by atoms with Crippen molar-refractivity contribution in [3.05, 3.63) is 34.9 Å². The first-order valence-electron chi connectivity index (χ1n) is 7.49. The molecule has 1 saturated heterocycles. The van der Waals surface area contributed by atoms with Crippen molar-refractivity contribution in [2.45, 2.75) is 51.7 Å². The second-order valence-corrected chi connectivity index (χ2v) is 5.78. The average molecular weight is 295 g/mol. The number of nitrogens with zero attached hydrogens (tertiary/aromatic N) is 1. The summed E-state index contributed by atoms with van der Waals surface area (Å²) in [5, 5.41) is 4.19. The van der Waals surface area contributed by atoms with E-state index in [0.29, 0.717) is 0 Å². The normalized spacial score (nSPS) is 22.6. The minimum absolute atomic E-state index is 0.0112. The molecule has 0 aliphatic carbocycles. The van der Waals surface area contributed by atoms with Crippen LogP contribution in [0.1, 0.15) is 51.3 Å². The van der Waals surface area contributed by atoms with Gasteiger partial charge in [-0.25, -0.2) is 0 Å². The number of nitrogens with one attached hydrogen (secondary N) is 1. The Balaban J connectivity index is 2.19. The van der Waals surface area contributed by atoms with Gasteiger partial charge in [-0.05, 0) is 30.5 Å². The average Bonchev–Trinajstić information content (AvgIpc) is 2.75. The minimum Gasteiger partial charge on any atom is -0.322 e. The number of carbonyl (C=O) groups excluding carboxylic acids is 1. The molecule has 2 atom stereocenters. The highest BCUT2D eigenvalue weighted by Gasteiger charge is 2.38. The zero-order chi connectivity index (χ0) is 14.5. The lowest BCUT2D eigenvalue weighted by Crippen LogP contribution is -2.32. The maximum Gasteiger partial charge on any atom is 0.241 e. The van der Waals surface area contributed by atoms with Gasteiger partial charge in [-0.15, -0.1) is 0 Å². The van der Waals surface area contributed by atoms with Crippen LogP contribution in [0.3, 0.4) is 0 Å². The first-order chi connectivity index (χ1) is 9.67. The fourth-order valence-corrected chi connectivity index (χ4v) is 2.79. The van der Waals surface area contributed by atoms with Gasteiger partial charge in [0, 0.05) is 11.6 Å². The summed E-state index contributed by atoms with van der Waals surface area (Å²) < 4.78 is 0. The molecule has 0 bridgehead atoms. The molecule has 1 aliphatic rings. The molecule has 1 aromatic rings. The van der Waals surface area contributed by atoms with E-state index in [1.54, 1.807) is 0 Å². The second kappa shape index (κ2) is 7.09. The fraction of sp³-hybridized carbons (Fsp3) is 0.562. The van der Waals surface area contributed by atoms with Crippen molar-refractivity contribution in [3.8, 4) is 0 Å². The van der Waals surface area contributed by atoms with Gasteiger partial charge in [0.25, 0.3) is 0 Å². The van der Waals surface area contributed by atoms with Crippen LogP contribution in [0, 0.1) is 0 Å². The van der Waals surface area contributed by atoms with Crippen molar-refractivity contribution >= 4 is 17.5 Å². The van der Waals surface area contributed by atoms with Gasteiger partial charge in [0.2, 0.25) is 5.91 Å². The molecule has 3 nitrogen and oxygen atoms in total. The first kappa shape index (κ1) is 15.3. The molecular formula is C16H23ClN2O. The largest absolute Gasteiger partial charge is 0.322 e. The molecule has 20 heavy (non-hydrogen) atoms. The Morgan fingerprint density at radius 1 is 1.20 bits per heavy atom. The summed E-state index contributed by atoms with van der Waals surface area (Å²) in [7, 11) is 0. The molecule has 110 valence electrons. The van der Waals surface area contributed by atoms with Gasteiger partial charge in [-0.2, -0.15) is 0 Å². The van der Waals surface area contributed by atoms with Gasteiger partial charge >= 0.3 is 0 Å². The van der Waals surface area contributed by atoms with Gasteiger partial charge in [0.1, 0.15) is 6.17 Å².